The van der Waals surface area contributed by atoms with Gasteiger partial charge in [-0.25, -0.2) is 0 Å². The normalized spacial score (nSPS) is 20.1. The molecule has 1 saturated heterocycles. The fourth-order valence-corrected chi connectivity index (χ4v) is 3.85. The Kier molecular flexibility index (Phi) is 7.82. The standard InChI is InChI=1S/C24H31N3O2/c1-26-16-8-9-17-27(24(29)21-13-6-3-7-14-21)18-10-15-25-23(28)19-22(26)20-11-4-2-5-12-20/h2-7,11-14,22H,8-10,15-19H2,1H3,(H,25,28)/t22-/m0/s1. The molecule has 1 N–H and O–H groups in total. The van der Waals surface area contributed by atoms with E-state index in [0.717, 1.165) is 37.9 Å². The second-order valence-corrected chi connectivity index (χ2v) is 7.68. The first-order valence-electron chi connectivity index (χ1n) is 10.5. The van der Waals surface area contributed by atoms with Crippen LogP contribution < -0.4 is 5.32 Å². The molecule has 2 aromatic carbocycles. The van der Waals surface area contributed by atoms with Crippen LogP contribution in [0.3, 0.4) is 0 Å². The molecule has 5 heteroatoms. The number of carbonyl (C=O) groups excluding carboxylic acids is 2. The highest BCUT2D eigenvalue weighted by Crippen LogP contribution is 2.23. The summed E-state index contributed by atoms with van der Waals surface area (Å²) in [6.07, 6.45) is 3.15. The molecule has 1 atom stereocenters. The van der Waals surface area contributed by atoms with Crippen LogP contribution in [0.1, 0.15) is 47.6 Å². The molecule has 2 amide bonds. The third-order valence-corrected chi connectivity index (χ3v) is 5.52. The summed E-state index contributed by atoms with van der Waals surface area (Å²) in [5.41, 5.74) is 1.89. The van der Waals surface area contributed by atoms with Crippen molar-refractivity contribution >= 4 is 11.8 Å². The predicted molar refractivity (Wildman–Crippen MR) is 116 cm³/mol. The first kappa shape index (κ1) is 21.1. The number of nitrogens with one attached hydrogen (secondary N) is 1. The Balaban J connectivity index is 1.68. The molecule has 29 heavy (non-hydrogen) atoms. The van der Waals surface area contributed by atoms with Crippen molar-refractivity contribution < 1.29 is 9.59 Å². The van der Waals surface area contributed by atoms with Gasteiger partial charge in [0.2, 0.25) is 5.91 Å². The molecule has 0 aliphatic carbocycles. The van der Waals surface area contributed by atoms with Crippen molar-refractivity contribution in [2.45, 2.75) is 31.7 Å². The zero-order valence-electron chi connectivity index (χ0n) is 17.2. The van der Waals surface area contributed by atoms with E-state index in [4.69, 9.17) is 0 Å². The van der Waals surface area contributed by atoms with Gasteiger partial charge in [0.05, 0.1) is 0 Å². The van der Waals surface area contributed by atoms with Crippen LogP contribution in [-0.4, -0.2) is 54.8 Å². The van der Waals surface area contributed by atoms with Crippen LogP contribution in [-0.2, 0) is 4.79 Å². The van der Waals surface area contributed by atoms with Gasteiger partial charge in [-0.15, -0.1) is 0 Å². The summed E-state index contributed by atoms with van der Waals surface area (Å²) in [6, 6.07) is 19.7. The summed E-state index contributed by atoms with van der Waals surface area (Å²) in [4.78, 5) is 29.6. The summed E-state index contributed by atoms with van der Waals surface area (Å²) in [5.74, 6) is 0.133. The van der Waals surface area contributed by atoms with E-state index in [1.165, 1.54) is 5.56 Å². The molecule has 1 fully saturated rings. The van der Waals surface area contributed by atoms with E-state index >= 15 is 0 Å². The lowest BCUT2D eigenvalue weighted by atomic mass is 10.0. The summed E-state index contributed by atoms with van der Waals surface area (Å²) >= 11 is 0. The van der Waals surface area contributed by atoms with Gasteiger partial charge in [-0.3, -0.25) is 14.5 Å². The van der Waals surface area contributed by atoms with E-state index in [0.29, 0.717) is 19.5 Å². The van der Waals surface area contributed by atoms with Gasteiger partial charge in [0.15, 0.2) is 0 Å². The summed E-state index contributed by atoms with van der Waals surface area (Å²) in [5, 5.41) is 3.04. The van der Waals surface area contributed by atoms with Crippen LogP contribution in [0.4, 0.5) is 0 Å². The zero-order valence-corrected chi connectivity index (χ0v) is 17.2. The maximum absolute atomic E-state index is 12.9. The highest BCUT2D eigenvalue weighted by atomic mass is 16.2. The van der Waals surface area contributed by atoms with E-state index in [-0.39, 0.29) is 17.9 Å². The van der Waals surface area contributed by atoms with Crippen LogP contribution >= 0.6 is 0 Å². The quantitative estimate of drug-likeness (QED) is 0.850. The monoisotopic (exact) mass is 393 g/mol. The molecule has 0 bridgehead atoms. The van der Waals surface area contributed by atoms with Gasteiger partial charge in [-0.2, -0.15) is 0 Å². The van der Waals surface area contributed by atoms with Crippen molar-refractivity contribution in [3.8, 4) is 0 Å². The second-order valence-electron chi connectivity index (χ2n) is 7.68. The number of amides is 2. The number of benzene rings is 2. The molecule has 0 unspecified atom stereocenters. The number of hydrogen-bond acceptors (Lipinski definition) is 3. The smallest absolute Gasteiger partial charge is 0.253 e. The fourth-order valence-electron chi connectivity index (χ4n) is 3.85. The molecule has 0 aromatic heterocycles. The Morgan fingerprint density at radius 2 is 1.52 bits per heavy atom. The Morgan fingerprint density at radius 3 is 2.24 bits per heavy atom. The van der Waals surface area contributed by atoms with Crippen LogP contribution in [0.2, 0.25) is 0 Å². The van der Waals surface area contributed by atoms with E-state index in [2.05, 4.69) is 29.4 Å². The molecule has 2 aromatic rings. The minimum Gasteiger partial charge on any atom is -0.356 e. The van der Waals surface area contributed by atoms with Crippen molar-refractivity contribution in [2.75, 3.05) is 33.2 Å². The first-order chi connectivity index (χ1) is 14.1. The molecular formula is C24H31N3O2. The number of carbonyl (C=O) groups is 2. The maximum atomic E-state index is 12.9. The van der Waals surface area contributed by atoms with Crippen LogP contribution in [0.25, 0.3) is 0 Å². The van der Waals surface area contributed by atoms with Gasteiger partial charge >= 0.3 is 0 Å². The lowest BCUT2D eigenvalue weighted by Gasteiger charge is -2.28. The summed E-state index contributed by atoms with van der Waals surface area (Å²) < 4.78 is 0. The molecule has 3 rings (SSSR count). The van der Waals surface area contributed by atoms with Crippen molar-refractivity contribution in [3.63, 3.8) is 0 Å². The van der Waals surface area contributed by atoms with Gasteiger partial charge in [-0.1, -0.05) is 48.5 Å². The highest BCUT2D eigenvalue weighted by Gasteiger charge is 2.21. The summed E-state index contributed by atoms with van der Waals surface area (Å²) in [7, 11) is 2.08. The lowest BCUT2D eigenvalue weighted by Crippen LogP contribution is -2.35. The van der Waals surface area contributed by atoms with Gasteiger partial charge < -0.3 is 10.2 Å². The molecule has 1 aliphatic rings. The largest absolute Gasteiger partial charge is 0.356 e. The minimum absolute atomic E-state index is 0.0610. The van der Waals surface area contributed by atoms with Crippen LogP contribution in [0.15, 0.2) is 60.7 Å². The topological polar surface area (TPSA) is 52.6 Å². The molecule has 0 spiro atoms. The predicted octanol–water partition coefficient (Wildman–Crippen LogP) is 3.49. The Labute approximate surface area is 173 Å². The second kappa shape index (κ2) is 10.8. The van der Waals surface area contributed by atoms with Gasteiger partial charge in [0, 0.05) is 37.7 Å². The molecule has 0 saturated carbocycles. The van der Waals surface area contributed by atoms with Crippen LogP contribution in [0.5, 0.6) is 0 Å². The van der Waals surface area contributed by atoms with E-state index in [1.54, 1.807) is 0 Å². The molecule has 5 nitrogen and oxygen atoms in total. The molecule has 1 heterocycles. The average Bonchev–Trinajstić information content (AvgIpc) is 2.77. The molecule has 0 radical (unpaired) electrons. The number of nitrogens with zero attached hydrogens (tertiary/aromatic N) is 2. The highest BCUT2D eigenvalue weighted by molar-refractivity contribution is 5.94. The zero-order chi connectivity index (χ0) is 20.5. The Bertz CT molecular complexity index is 779. The maximum Gasteiger partial charge on any atom is 0.253 e. The van der Waals surface area contributed by atoms with Gasteiger partial charge in [0.1, 0.15) is 0 Å². The van der Waals surface area contributed by atoms with Crippen molar-refractivity contribution in [1.29, 1.82) is 0 Å². The molecule has 154 valence electrons. The number of hydrogen-bond donors (Lipinski definition) is 1. The van der Waals surface area contributed by atoms with Crippen molar-refractivity contribution in [1.82, 2.24) is 15.1 Å². The molecule has 1 aliphatic heterocycles. The Hall–Kier alpha value is -2.66. The minimum atomic E-state index is 0.0610. The number of rotatable bonds is 2. The third-order valence-electron chi connectivity index (χ3n) is 5.52. The van der Waals surface area contributed by atoms with E-state index < -0.39 is 0 Å². The van der Waals surface area contributed by atoms with Gasteiger partial charge in [-0.05, 0) is 50.6 Å². The van der Waals surface area contributed by atoms with E-state index in [9.17, 15) is 9.59 Å². The third kappa shape index (κ3) is 6.16. The first-order valence-corrected chi connectivity index (χ1v) is 10.5. The average molecular weight is 394 g/mol. The Morgan fingerprint density at radius 1 is 0.897 bits per heavy atom. The fraction of sp³-hybridized carbons (Fsp3) is 0.417. The van der Waals surface area contributed by atoms with E-state index in [1.807, 2.05) is 53.4 Å². The summed E-state index contributed by atoms with van der Waals surface area (Å²) in [6.45, 7) is 2.88. The SMILES string of the molecule is CN1CCCCN(C(=O)c2ccccc2)CCCNC(=O)C[C@H]1c1ccccc1. The van der Waals surface area contributed by atoms with Crippen molar-refractivity contribution in [2.24, 2.45) is 0 Å². The molecular weight excluding hydrogens is 362 g/mol. The lowest BCUT2D eigenvalue weighted by molar-refractivity contribution is -0.122. The van der Waals surface area contributed by atoms with Crippen LogP contribution in [0, 0.1) is 0 Å². The van der Waals surface area contributed by atoms with Gasteiger partial charge in [0.25, 0.3) is 5.91 Å². The van der Waals surface area contributed by atoms with Crippen molar-refractivity contribution in [3.05, 3.63) is 71.8 Å².